The van der Waals surface area contributed by atoms with Crippen LogP contribution in [0.1, 0.15) is 11.3 Å². The molecule has 0 atom stereocenters. The number of rotatable bonds is 2. The molecule has 0 aliphatic carbocycles. The zero-order valence-corrected chi connectivity index (χ0v) is 9.53. The third kappa shape index (κ3) is 3.00. The average Bonchev–Trinajstić information content (AvgIpc) is 2.28. The lowest BCUT2D eigenvalue weighted by Crippen LogP contribution is -2.07. The third-order valence-corrected chi connectivity index (χ3v) is 2.25. The highest BCUT2D eigenvalue weighted by Gasteiger charge is 2.32. The van der Waals surface area contributed by atoms with E-state index < -0.39 is 11.9 Å². The number of hydrogen-bond acceptors (Lipinski definition) is 2. The number of aryl methyl sites for hydroxylation is 1. The van der Waals surface area contributed by atoms with Gasteiger partial charge in [0.05, 0.1) is 6.20 Å². The maximum absolute atomic E-state index is 12.3. The van der Waals surface area contributed by atoms with Gasteiger partial charge in [-0.3, -0.25) is 0 Å². The van der Waals surface area contributed by atoms with Crippen molar-refractivity contribution in [2.24, 2.45) is 0 Å². The minimum absolute atomic E-state index is 0.272. The molecular formula is C13H10F3NO. The molecule has 2 nitrogen and oxygen atoms in total. The van der Waals surface area contributed by atoms with Crippen LogP contribution in [0.4, 0.5) is 13.2 Å². The highest BCUT2D eigenvalue weighted by molar-refractivity contribution is 5.32. The molecule has 18 heavy (non-hydrogen) atoms. The van der Waals surface area contributed by atoms with Crippen LogP contribution in [0, 0.1) is 6.92 Å². The Morgan fingerprint density at radius 1 is 1.06 bits per heavy atom. The highest BCUT2D eigenvalue weighted by Crippen LogP contribution is 2.29. The Bertz CT molecular complexity index is 535. The zero-order valence-electron chi connectivity index (χ0n) is 9.53. The molecule has 0 saturated carbocycles. The summed E-state index contributed by atoms with van der Waals surface area (Å²) in [5, 5.41) is 0. The van der Waals surface area contributed by atoms with Gasteiger partial charge >= 0.3 is 6.18 Å². The largest absolute Gasteiger partial charge is 0.456 e. The van der Waals surface area contributed by atoms with Crippen molar-refractivity contribution in [2.45, 2.75) is 13.1 Å². The second-order valence-electron chi connectivity index (χ2n) is 3.80. The second kappa shape index (κ2) is 4.68. The summed E-state index contributed by atoms with van der Waals surface area (Å²) >= 11 is 0. The van der Waals surface area contributed by atoms with Crippen LogP contribution in [-0.4, -0.2) is 4.98 Å². The molecule has 94 valence electrons. The standard InChI is InChI=1S/C13H10F3NO/c1-9-3-2-4-10(7-9)18-11-5-6-12(17-8-11)13(14,15)16/h2-8H,1H3. The molecule has 0 radical (unpaired) electrons. The number of pyridine rings is 1. The lowest BCUT2D eigenvalue weighted by Gasteiger charge is -2.08. The predicted molar refractivity (Wildman–Crippen MR) is 60.5 cm³/mol. The second-order valence-corrected chi connectivity index (χ2v) is 3.80. The van der Waals surface area contributed by atoms with Crippen molar-refractivity contribution in [3.05, 3.63) is 53.9 Å². The van der Waals surface area contributed by atoms with Gasteiger partial charge in [-0.15, -0.1) is 0 Å². The summed E-state index contributed by atoms with van der Waals surface area (Å²) in [4.78, 5) is 3.32. The summed E-state index contributed by atoms with van der Waals surface area (Å²) in [6.45, 7) is 1.90. The van der Waals surface area contributed by atoms with Crippen LogP contribution in [0.2, 0.25) is 0 Å². The molecule has 0 bridgehead atoms. The number of nitrogens with zero attached hydrogens (tertiary/aromatic N) is 1. The van der Waals surface area contributed by atoms with Crippen molar-refractivity contribution in [1.82, 2.24) is 4.98 Å². The Labute approximate surface area is 102 Å². The van der Waals surface area contributed by atoms with E-state index in [4.69, 9.17) is 4.74 Å². The lowest BCUT2D eigenvalue weighted by molar-refractivity contribution is -0.141. The van der Waals surface area contributed by atoms with Crippen molar-refractivity contribution < 1.29 is 17.9 Å². The first kappa shape index (κ1) is 12.4. The maximum atomic E-state index is 12.3. The van der Waals surface area contributed by atoms with Crippen LogP contribution in [0.15, 0.2) is 42.6 Å². The van der Waals surface area contributed by atoms with E-state index in [0.29, 0.717) is 5.75 Å². The molecule has 0 aliphatic heterocycles. The van der Waals surface area contributed by atoms with E-state index in [1.807, 2.05) is 19.1 Å². The summed E-state index contributed by atoms with van der Waals surface area (Å²) in [6.07, 6.45) is -3.37. The molecule has 0 amide bonds. The highest BCUT2D eigenvalue weighted by atomic mass is 19.4. The summed E-state index contributed by atoms with van der Waals surface area (Å²) in [5.41, 5.74) is 0.0754. The lowest BCUT2D eigenvalue weighted by atomic mass is 10.2. The van der Waals surface area contributed by atoms with Gasteiger partial charge in [0.15, 0.2) is 0 Å². The summed E-state index contributed by atoms with van der Waals surface area (Å²) in [6, 6.07) is 9.37. The van der Waals surface area contributed by atoms with Crippen LogP contribution in [-0.2, 0) is 6.18 Å². The van der Waals surface area contributed by atoms with Gasteiger partial charge in [-0.1, -0.05) is 12.1 Å². The minimum atomic E-state index is -4.43. The first-order valence-corrected chi connectivity index (χ1v) is 5.23. The van der Waals surface area contributed by atoms with E-state index >= 15 is 0 Å². The third-order valence-electron chi connectivity index (χ3n) is 2.25. The summed E-state index contributed by atoms with van der Waals surface area (Å²) in [7, 11) is 0. The van der Waals surface area contributed by atoms with Gasteiger partial charge in [0.25, 0.3) is 0 Å². The molecule has 0 saturated heterocycles. The Morgan fingerprint density at radius 3 is 2.39 bits per heavy atom. The van der Waals surface area contributed by atoms with Crippen LogP contribution >= 0.6 is 0 Å². The molecular weight excluding hydrogens is 243 g/mol. The van der Waals surface area contributed by atoms with Crippen LogP contribution in [0.5, 0.6) is 11.5 Å². The molecule has 0 fully saturated rings. The predicted octanol–water partition coefficient (Wildman–Crippen LogP) is 4.20. The zero-order chi connectivity index (χ0) is 13.2. The number of alkyl halides is 3. The molecule has 1 aromatic carbocycles. The van der Waals surface area contributed by atoms with Gasteiger partial charge in [0, 0.05) is 0 Å². The number of benzene rings is 1. The molecule has 0 unspecified atom stereocenters. The van der Waals surface area contributed by atoms with Gasteiger partial charge in [-0.2, -0.15) is 13.2 Å². The molecule has 2 aromatic rings. The number of aromatic nitrogens is 1. The first-order chi connectivity index (χ1) is 8.45. The van der Waals surface area contributed by atoms with Crippen molar-refractivity contribution in [1.29, 1.82) is 0 Å². The van der Waals surface area contributed by atoms with Crippen LogP contribution < -0.4 is 4.74 Å². The van der Waals surface area contributed by atoms with Gasteiger partial charge in [0.2, 0.25) is 0 Å². The monoisotopic (exact) mass is 253 g/mol. The Hall–Kier alpha value is -2.04. The molecule has 1 aromatic heterocycles. The molecule has 0 spiro atoms. The first-order valence-electron chi connectivity index (χ1n) is 5.23. The number of hydrogen-bond donors (Lipinski definition) is 0. The fraction of sp³-hybridized carbons (Fsp3) is 0.154. The SMILES string of the molecule is Cc1cccc(Oc2ccc(C(F)(F)F)nc2)c1. The topological polar surface area (TPSA) is 22.1 Å². The molecule has 0 aliphatic rings. The van der Waals surface area contributed by atoms with Gasteiger partial charge in [-0.05, 0) is 36.8 Å². The van der Waals surface area contributed by atoms with Crippen molar-refractivity contribution >= 4 is 0 Å². The van der Waals surface area contributed by atoms with Gasteiger partial charge in [0.1, 0.15) is 17.2 Å². The number of ether oxygens (including phenoxy) is 1. The number of halogens is 3. The Kier molecular flexibility index (Phi) is 3.23. The average molecular weight is 253 g/mol. The quantitative estimate of drug-likeness (QED) is 0.800. The Morgan fingerprint density at radius 2 is 1.83 bits per heavy atom. The van der Waals surface area contributed by atoms with E-state index in [2.05, 4.69) is 4.98 Å². The van der Waals surface area contributed by atoms with Gasteiger partial charge < -0.3 is 4.74 Å². The minimum Gasteiger partial charge on any atom is -0.456 e. The van der Waals surface area contributed by atoms with E-state index in [1.54, 1.807) is 12.1 Å². The maximum Gasteiger partial charge on any atom is 0.433 e. The van der Waals surface area contributed by atoms with Crippen molar-refractivity contribution in [3.63, 3.8) is 0 Å². The Balaban J connectivity index is 2.16. The summed E-state index contributed by atoms with van der Waals surface area (Å²) < 4.78 is 42.3. The van der Waals surface area contributed by atoms with E-state index in [0.717, 1.165) is 17.8 Å². The fourth-order valence-electron chi connectivity index (χ4n) is 1.42. The van der Waals surface area contributed by atoms with E-state index in [-0.39, 0.29) is 5.75 Å². The van der Waals surface area contributed by atoms with Gasteiger partial charge in [-0.25, -0.2) is 4.98 Å². The van der Waals surface area contributed by atoms with Crippen molar-refractivity contribution in [2.75, 3.05) is 0 Å². The normalized spacial score (nSPS) is 11.3. The van der Waals surface area contributed by atoms with Crippen molar-refractivity contribution in [3.8, 4) is 11.5 Å². The fourth-order valence-corrected chi connectivity index (χ4v) is 1.42. The smallest absolute Gasteiger partial charge is 0.433 e. The molecule has 5 heteroatoms. The van der Waals surface area contributed by atoms with Crippen LogP contribution in [0.3, 0.4) is 0 Å². The van der Waals surface area contributed by atoms with E-state index in [1.165, 1.54) is 6.07 Å². The van der Waals surface area contributed by atoms with Crippen LogP contribution in [0.25, 0.3) is 0 Å². The molecule has 2 rings (SSSR count). The molecule has 1 heterocycles. The molecule has 0 N–H and O–H groups in total. The summed E-state index contributed by atoms with van der Waals surface area (Å²) in [5.74, 6) is 0.838. The van der Waals surface area contributed by atoms with E-state index in [9.17, 15) is 13.2 Å².